The molecule has 0 saturated heterocycles. The van der Waals surface area contributed by atoms with Crippen LogP contribution in [0.1, 0.15) is 16.1 Å². The van der Waals surface area contributed by atoms with Crippen molar-refractivity contribution in [2.24, 2.45) is 0 Å². The van der Waals surface area contributed by atoms with Crippen LogP contribution in [-0.4, -0.2) is 16.1 Å². The maximum Gasteiger partial charge on any atom is 0.356 e. The number of carbonyl (C=O) groups is 1. The number of carboxylic acid groups (broad SMARTS) is 1. The van der Waals surface area contributed by atoms with Crippen LogP contribution in [0.25, 0.3) is 10.4 Å². The van der Waals surface area contributed by atoms with Gasteiger partial charge in [-0.15, -0.1) is 11.3 Å². The van der Waals surface area contributed by atoms with Crippen LogP contribution in [0.2, 0.25) is 5.02 Å². The van der Waals surface area contributed by atoms with E-state index in [-0.39, 0.29) is 5.69 Å². The third-order valence-electron chi connectivity index (χ3n) is 2.24. The summed E-state index contributed by atoms with van der Waals surface area (Å²) >= 11 is 10.4. The normalized spacial score (nSPS) is 10.5. The highest BCUT2D eigenvalue weighted by molar-refractivity contribution is 9.11. The van der Waals surface area contributed by atoms with Crippen LogP contribution in [0.15, 0.2) is 22.1 Å². The minimum absolute atomic E-state index is 0.0623. The zero-order chi connectivity index (χ0) is 12.6. The molecule has 3 nitrogen and oxygen atoms in total. The molecular weight excluding hydrogens is 326 g/mol. The number of benzene rings is 1. The van der Waals surface area contributed by atoms with E-state index in [1.165, 1.54) is 11.3 Å². The molecule has 0 aliphatic carbocycles. The van der Waals surface area contributed by atoms with Gasteiger partial charge in [-0.05, 0) is 46.1 Å². The average Bonchev–Trinajstić information content (AvgIpc) is 2.60. The van der Waals surface area contributed by atoms with Gasteiger partial charge in [0.05, 0.1) is 4.88 Å². The fraction of sp³-hybridized carbons (Fsp3) is 0.0909. The minimum atomic E-state index is -1.03. The van der Waals surface area contributed by atoms with Gasteiger partial charge < -0.3 is 5.11 Å². The van der Waals surface area contributed by atoms with E-state index in [9.17, 15) is 4.79 Å². The van der Waals surface area contributed by atoms with E-state index >= 15 is 0 Å². The van der Waals surface area contributed by atoms with Gasteiger partial charge in [0.2, 0.25) is 0 Å². The van der Waals surface area contributed by atoms with Gasteiger partial charge in [0, 0.05) is 5.02 Å². The summed E-state index contributed by atoms with van der Waals surface area (Å²) < 4.78 is 0.555. The third-order valence-corrected chi connectivity index (χ3v) is 4.01. The molecule has 0 saturated carbocycles. The smallest absolute Gasteiger partial charge is 0.356 e. The summed E-state index contributed by atoms with van der Waals surface area (Å²) in [5.41, 5.74) is 1.83. The standard InChI is InChI=1S/C11H7BrClNO2S/c1-5-4-6(13)2-3-7(5)9-8(10(15)16)14-11(12)17-9/h2-4H,1H3,(H,15,16). The maximum absolute atomic E-state index is 11.1. The number of aromatic nitrogens is 1. The summed E-state index contributed by atoms with van der Waals surface area (Å²) in [6.45, 7) is 1.89. The molecule has 0 aliphatic rings. The van der Waals surface area contributed by atoms with Gasteiger partial charge in [-0.25, -0.2) is 9.78 Å². The van der Waals surface area contributed by atoms with Crippen molar-refractivity contribution in [3.8, 4) is 10.4 Å². The Bertz CT molecular complexity index is 597. The Morgan fingerprint density at radius 2 is 2.24 bits per heavy atom. The Hall–Kier alpha value is -0.910. The highest BCUT2D eigenvalue weighted by atomic mass is 79.9. The number of hydrogen-bond acceptors (Lipinski definition) is 3. The van der Waals surface area contributed by atoms with Crippen molar-refractivity contribution in [3.05, 3.63) is 38.4 Å². The van der Waals surface area contributed by atoms with Crippen LogP contribution in [0, 0.1) is 6.92 Å². The molecule has 88 valence electrons. The molecule has 0 aliphatic heterocycles. The number of thiazole rings is 1. The molecule has 0 radical (unpaired) electrons. The van der Waals surface area contributed by atoms with Crippen LogP contribution in [-0.2, 0) is 0 Å². The van der Waals surface area contributed by atoms with Crippen molar-refractivity contribution in [2.45, 2.75) is 6.92 Å². The molecule has 1 heterocycles. The van der Waals surface area contributed by atoms with Crippen LogP contribution in [0.3, 0.4) is 0 Å². The second-order valence-corrected chi connectivity index (χ2v) is 6.12. The lowest BCUT2D eigenvalue weighted by Gasteiger charge is -2.04. The molecule has 17 heavy (non-hydrogen) atoms. The first-order chi connectivity index (χ1) is 7.99. The number of aromatic carboxylic acids is 1. The van der Waals surface area contributed by atoms with Gasteiger partial charge in [0.25, 0.3) is 0 Å². The SMILES string of the molecule is Cc1cc(Cl)ccc1-c1sc(Br)nc1C(=O)O. The molecule has 1 N–H and O–H groups in total. The second-order valence-electron chi connectivity index (χ2n) is 3.41. The lowest BCUT2D eigenvalue weighted by atomic mass is 10.1. The molecule has 1 aromatic carbocycles. The van der Waals surface area contributed by atoms with Gasteiger partial charge in [-0.1, -0.05) is 17.7 Å². The monoisotopic (exact) mass is 331 g/mol. The number of rotatable bonds is 2. The maximum atomic E-state index is 11.1. The third kappa shape index (κ3) is 2.51. The summed E-state index contributed by atoms with van der Waals surface area (Å²) in [5, 5.41) is 9.71. The van der Waals surface area contributed by atoms with Crippen molar-refractivity contribution in [3.63, 3.8) is 0 Å². The van der Waals surface area contributed by atoms with Crippen molar-refractivity contribution >= 4 is 44.8 Å². The second kappa shape index (κ2) is 4.76. The molecular formula is C11H7BrClNO2S. The molecule has 2 rings (SSSR count). The van der Waals surface area contributed by atoms with E-state index in [0.29, 0.717) is 13.8 Å². The van der Waals surface area contributed by atoms with Crippen LogP contribution in [0.4, 0.5) is 0 Å². The van der Waals surface area contributed by atoms with E-state index in [1.54, 1.807) is 12.1 Å². The highest BCUT2D eigenvalue weighted by Gasteiger charge is 2.19. The van der Waals surface area contributed by atoms with E-state index in [0.717, 1.165) is 11.1 Å². The Labute approximate surface area is 115 Å². The molecule has 0 bridgehead atoms. The zero-order valence-corrected chi connectivity index (χ0v) is 11.9. The number of halogens is 2. The summed E-state index contributed by atoms with van der Waals surface area (Å²) in [5.74, 6) is -1.03. The fourth-order valence-corrected chi connectivity index (χ4v) is 3.27. The average molecular weight is 333 g/mol. The lowest BCUT2D eigenvalue weighted by Crippen LogP contribution is -1.99. The number of hydrogen-bond donors (Lipinski definition) is 1. The molecule has 0 spiro atoms. The van der Waals surface area contributed by atoms with Gasteiger partial charge in [-0.2, -0.15) is 0 Å². The first-order valence-electron chi connectivity index (χ1n) is 4.65. The lowest BCUT2D eigenvalue weighted by molar-refractivity contribution is 0.0692. The van der Waals surface area contributed by atoms with Gasteiger partial charge in [0.1, 0.15) is 0 Å². The predicted molar refractivity (Wildman–Crippen MR) is 72.0 cm³/mol. The Kier molecular flexibility index (Phi) is 3.51. The number of carboxylic acids is 1. The Morgan fingerprint density at radius 3 is 2.82 bits per heavy atom. The zero-order valence-electron chi connectivity index (χ0n) is 8.70. The first kappa shape index (κ1) is 12.5. The van der Waals surface area contributed by atoms with Gasteiger partial charge in [0.15, 0.2) is 9.61 Å². The van der Waals surface area contributed by atoms with E-state index in [2.05, 4.69) is 20.9 Å². The minimum Gasteiger partial charge on any atom is -0.476 e. The molecule has 6 heteroatoms. The Morgan fingerprint density at radius 1 is 1.53 bits per heavy atom. The van der Waals surface area contributed by atoms with E-state index in [4.69, 9.17) is 16.7 Å². The molecule has 0 amide bonds. The van der Waals surface area contributed by atoms with E-state index < -0.39 is 5.97 Å². The van der Waals surface area contributed by atoms with Crippen LogP contribution < -0.4 is 0 Å². The first-order valence-corrected chi connectivity index (χ1v) is 6.64. The summed E-state index contributed by atoms with van der Waals surface area (Å²) in [7, 11) is 0. The molecule has 0 fully saturated rings. The molecule has 0 unspecified atom stereocenters. The van der Waals surface area contributed by atoms with Gasteiger partial charge >= 0.3 is 5.97 Å². The van der Waals surface area contributed by atoms with Crippen molar-refractivity contribution in [1.29, 1.82) is 0 Å². The predicted octanol–water partition coefficient (Wildman–Crippen LogP) is 4.23. The summed E-state index contributed by atoms with van der Waals surface area (Å²) in [6, 6.07) is 5.35. The molecule has 1 aromatic heterocycles. The topological polar surface area (TPSA) is 50.2 Å². The fourth-order valence-electron chi connectivity index (χ4n) is 1.50. The number of aryl methyl sites for hydroxylation is 1. The van der Waals surface area contributed by atoms with Gasteiger partial charge in [-0.3, -0.25) is 0 Å². The van der Waals surface area contributed by atoms with Crippen molar-refractivity contribution < 1.29 is 9.90 Å². The van der Waals surface area contributed by atoms with Crippen molar-refractivity contribution in [1.82, 2.24) is 4.98 Å². The summed E-state index contributed by atoms with van der Waals surface area (Å²) in [4.78, 5) is 15.7. The van der Waals surface area contributed by atoms with E-state index in [1.807, 2.05) is 13.0 Å². The van der Waals surface area contributed by atoms with Crippen molar-refractivity contribution in [2.75, 3.05) is 0 Å². The quantitative estimate of drug-likeness (QED) is 0.895. The van der Waals surface area contributed by atoms with Crippen LogP contribution in [0.5, 0.6) is 0 Å². The summed E-state index contributed by atoms with van der Waals surface area (Å²) in [6.07, 6.45) is 0. The largest absolute Gasteiger partial charge is 0.476 e. The van der Waals surface area contributed by atoms with Crippen LogP contribution >= 0.6 is 38.9 Å². The number of nitrogens with zero attached hydrogens (tertiary/aromatic N) is 1. The highest BCUT2D eigenvalue weighted by Crippen LogP contribution is 2.35. The molecule has 2 aromatic rings. The molecule has 0 atom stereocenters. The Balaban J connectivity index is 2.63.